The summed E-state index contributed by atoms with van der Waals surface area (Å²) in [6.07, 6.45) is 7.30. The summed E-state index contributed by atoms with van der Waals surface area (Å²) in [5, 5.41) is 0. The van der Waals surface area contributed by atoms with Crippen LogP contribution in [0, 0.1) is 11.3 Å². The van der Waals surface area contributed by atoms with Gasteiger partial charge in [-0.2, -0.15) is 0 Å². The molecule has 0 aromatic rings. The Kier molecular flexibility index (Phi) is 6.27. The molecule has 0 aromatic heterocycles. The summed E-state index contributed by atoms with van der Waals surface area (Å²) in [6, 6.07) is 0. The van der Waals surface area contributed by atoms with Crippen LogP contribution in [-0.2, 0) is 9.47 Å². The Hall–Kier alpha value is -0.340. The molecule has 0 N–H and O–H groups in total. The standard InChI is InChI=1S/C18H34O2/c1-8-18(7)13-19-17(5,6)20-16(18)12-15(4)11-9-10-14(2)3/h10,15-16H,8-9,11-13H2,1-7H3/t15-,16-,18-/m1/s1. The first kappa shape index (κ1) is 17.7. The van der Waals surface area contributed by atoms with Crippen molar-refractivity contribution in [3.63, 3.8) is 0 Å². The molecule has 0 amide bonds. The van der Waals surface area contributed by atoms with Gasteiger partial charge < -0.3 is 9.47 Å². The van der Waals surface area contributed by atoms with Crippen molar-refractivity contribution in [3.05, 3.63) is 11.6 Å². The van der Waals surface area contributed by atoms with Crippen LogP contribution in [0.15, 0.2) is 11.6 Å². The summed E-state index contributed by atoms with van der Waals surface area (Å²) in [7, 11) is 0. The SMILES string of the molecule is CC[C@]1(C)COC(C)(C)O[C@@H]1C[C@H](C)CCC=C(C)C. The number of rotatable bonds is 6. The fraction of sp³-hybridized carbons (Fsp3) is 0.889. The van der Waals surface area contributed by atoms with E-state index in [4.69, 9.17) is 9.47 Å². The molecule has 0 aromatic carbocycles. The highest BCUT2D eigenvalue weighted by Crippen LogP contribution is 2.40. The molecule has 2 heteroatoms. The van der Waals surface area contributed by atoms with Gasteiger partial charge in [-0.1, -0.05) is 32.4 Å². The van der Waals surface area contributed by atoms with Crippen LogP contribution in [0.1, 0.15) is 74.1 Å². The van der Waals surface area contributed by atoms with Crippen molar-refractivity contribution in [2.24, 2.45) is 11.3 Å². The van der Waals surface area contributed by atoms with Crippen molar-refractivity contribution in [2.75, 3.05) is 6.61 Å². The number of hydrogen-bond acceptors (Lipinski definition) is 2. The quantitative estimate of drug-likeness (QED) is 0.613. The lowest BCUT2D eigenvalue weighted by Crippen LogP contribution is -2.51. The van der Waals surface area contributed by atoms with E-state index in [0.717, 1.165) is 19.4 Å². The molecular formula is C18H34O2. The van der Waals surface area contributed by atoms with Crippen molar-refractivity contribution >= 4 is 0 Å². The van der Waals surface area contributed by atoms with Crippen LogP contribution >= 0.6 is 0 Å². The minimum Gasteiger partial charge on any atom is -0.350 e. The number of ether oxygens (including phenoxy) is 2. The molecule has 1 aliphatic heterocycles. The molecule has 0 bridgehead atoms. The largest absolute Gasteiger partial charge is 0.350 e. The Bertz CT molecular complexity index is 328. The first-order valence-electron chi connectivity index (χ1n) is 8.13. The molecule has 0 aliphatic carbocycles. The third-order valence-electron chi connectivity index (χ3n) is 4.59. The monoisotopic (exact) mass is 282 g/mol. The summed E-state index contributed by atoms with van der Waals surface area (Å²) >= 11 is 0. The normalized spacial score (nSPS) is 30.9. The lowest BCUT2D eigenvalue weighted by Gasteiger charge is -2.48. The highest BCUT2D eigenvalue weighted by molar-refractivity contribution is 4.93. The maximum atomic E-state index is 6.24. The van der Waals surface area contributed by atoms with E-state index in [0.29, 0.717) is 12.0 Å². The third-order valence-corrected chi connectivity index (χ3v) is 4.59. The molecule has 2 nitrogen and oxygen atoms in total. The maximum Gasteiger partial charge on any atom is 0.163 e. The Morgan fingerprint density at radius 3 is 2.50 bits per heavy atom. The van der Waals surface area contributed by atoms with E-state index in [9.17, 15) is 0 Å². The van der Waals surface area contributed by atoms with Crippen molar-refractivity contribution in [1.82, 2.24) is 0 Å². The third kappa shape index (κ3) is 5.21. The van der Waals surface area contributed by atoms with Crippen LogP contribution in [0.5, 0.6) is 0 Å². The summed E-state index contributed by atoms with van der Waals surface area (Å²) in [4.78, 5) is 0. The average Bonchev–Trinajstić information content (AvgIpc) is 2.33. The second-order valence-electron chi connectivity index (χ2n) is 7.50. The molecule has 0 spiro atoms. The Labute approximate surface area is 125 Å². The van der Waals surface area contributed by atoms with E-state index < -0.39 is 5.79 Å². The van der Waals surface area contributed by atoms with E-state index in [1.807, 2.05) is 13.8 Å². The van der Waals surface area contributed by atoms with E-state index in [-0.39, 0.29) is 5.41 Å². The molecule has 1 heterocycles. The van der Waals surface area contributed by atoms with Crippen molar-refractivity contribution in [3.8, 4) is 0 Å². The van der Waals surface area contributed by atoms with Gasteiger partial charge in [0.15, 0.2) is 5.79 Å². The molecule has 1 saturated heterocycles. The van der Waals surface area contributed by atoms with Gasteiger partial charge in [-0.3, -0.25) is 0 Å². The van der Waals surface area contributed by atoms with Gasteiger partial charge >= 0.3 is 0 Å². The predicted octanol–water partition coefficient (Wildman–Crippen LogP) is 5.33. The highest BCUT2D eigenvalue weighted by Gasteiger charge is 2.43. The van der Waals surface area contributed by atoms with Crippen LogP contribution in [-0.4, -0.2) is 18.5 Å². The molecule has 0 saturated carbocycles. The minimum atomic E-state index is -0.432. The molecule has 1 fully saturated rings. The second kappa shape index (κ2) is 7.09. The molecule has 1 rings (SSSR count). The van der Waals surface area contributed by atoms with Crippen molar-refractivity contribution < 1.29 is 9.47 Å². The van der Waals surface area contributed by atoms with Gasteiger partial charge in [0.1, 0.15) is 0 Å². The van der Waals surface area contributed by atoms with Gasteiger partial charge in [-0.05, 0) is 59.3 Å². The highest BCUT2D eigenvalue weighted by atomic mass is 16.7. The predicted molar refractivity (Wildman–Crippen MR) is 85.7 cm³/mol. The summed E-state index contributed by atoms with van der Waals surface area (Å²) in [6.45, 7) is 16.1. The summed E-state index contributed by atoms with van der Waals surface area (Å²) in [5.74, 6) is 0.259. The zero-order valence-corrected chi connectivity index (χ0v) is 14.6. The zero-order chi connectivity index (χ0) is 15.4. The first-order valence-corrected chi connectivity index (χ1v) is 8.13. The fourth-order valence-electron chi connectivity index (χ4n) is 2.75. The molecule has 0 unspecified atom stereocenters. The molecule has 0 radical (unpaired) electrons. The van der Waals surface area contributed by atoms with Gasteiger partial charge in [-0.15, -0.1) is 0 Å². The fourth-order valence-corrected chi connectivity index (χ4v) is 2.75. The Morgan fingerprint density at radius 2 is 1.95 bits per heavy atom. The topological polar surface area (TPSA) is 18.5 Å². The molecular weight excluding hydrogens is 248 g/mol. The van der Waals surface area contributed by atoms with E-state index in [2.05, 4.69) is 40.7 Å². The van der Waals surface area contributed by atoms with E-state index in [1.165, 1.54) is 18.4 Å². The number of allylic oxidation sites excluding steroid dienone is 2. The summed E-state index contributed by atoms with van der Waals surface area (Å²) in [5.41, 5.74) is 1.57. The molecule has 3 atom stereocenters. The maximum absolute atomic E-state index is 6.24. The molecule has 20 heavy (non-hydrogen) atoms. The van der Waals surface area contributed by atoms with Gasteiger partial charge in [-0.25, -0.2) is 0 Å². The van der Waals surface area contributed by atoms with Crippen LogP contribution in [0.3, 0.4) is 0 Å². The van der Waals surface area contributed by atoms with Crippen LogP contribution in [0.2, 0.25) is 0 Å². The van der Waals surface area contributed by atoms with Gasteiger partial charge in [0, 0.05) is 5.41 Å². The average molecular weight is 282 g/mol. The summed E-state index contributed by atoms with van der Waals surface area (Å²) < 4.78 is 12.1. The second-order valence-corrected chi connectivity index (χ2v) is 7.50. The van der Waals surface area contributed by atoms with E-state index >= 15 is 0 Å². The molecule has 1 aliphatic rings. The Balaban J connectivity index is 2.58. The van der Waals surface area contributed by atoms with Crippen LogP contribution in [0.4, 0.5) is 0 Å². The molecule has 118 valence electrons. The van der Waals surface area contributed by atoms with Crippen LogP contribution in [0.25, 0.3) is 0 Å². The lowest BCUT2D eigenvalue weighted by molar-refractivity contribution is -0.318. The Morgan fingerprint density at radius 1 is 1.30 bits per heavy atom. The van der Waals surface area contributed by atoms with Crippen LogP contribution < -0.4 is 0 Å². The van der Waals surface area contributed by atoms with Gasteiger partial charge in [0.2, 0.25) is 0 Å². The number of hydrogen-bond donors (Lipinski definition) is 0. The minimum absolute atomic E-state index is 0.153. The zero-order valence-electron chi connectivity index (χ0n) is 14.6. The lowest BCUT2D eigenvalue weighted by atomic mass is 9.77. The smallest absolute Gasteiger partial charge is 0.163 e. The van der Waals surface area contributed by atoms with Crippen molar-refractivity contribution in [2.45, 2.75) is 86.0 Å². The van der Waals surface area contributed by atoms with Gasteiger partial charge in [0.25, 0.3) is 0 Å². The van der Waals surface area contributed by atoms with Crippen molar-refractivity contribution in [1.29, 1.82) is 0 Å². The van der Waals surface area contributed by atoms with E-state index in [1.54, 1.807) is 0 Å². The first-order chi connectivity index (χ1) is 9.18. The van der Waals surface area contributed by atoms with Gasteiger partial charge in [0.05, 0.1) is 12.7 Å².